The molecule has 22 heavy (non-hydrogen) atoms. The summed E-state index contributed by atoms with van der Waals surface area (Å²) in [5.74, 6) is -0.965. The number of fused-ring (bicyclic) bond motifs is 1. The fourth-order valence-corrected chi connectivity index (χ4v) is 2.10. The lowest BCUT2D eigenvalue weighted by atomic mass is 10.2. The number of aryl methyl sites for hydroxylation is 1. The molecule has 3 aromatic rings. The number of esters is 1. The lowest BCUT2D eigenvalue weighted by molar-refractivity contribution is 0.0327. The zero-order valence-electron chi connectivity index (χ0n) is 12.0. The Balaban J connectivity index is 1.83. The third-order valence-electron chi connectivity index (χ3n) is 3.33. The SMILES string of the molecule is Cc1c(C(=O)OC(C)c2ccc(F)cn2)cnc2ccnn12. The smallest absolute Gasteiger partial charge is 0.342 e. The van der Waals surface area contributed by atoms with Crippen molar-refractivity contribution < 1.29 is 13.9 Å². The predicted octanol–water partition coefficient (Wildman–Crippen LogP) is 2.49. The van der Waals surface area contributed by atoms with E-state index < -0.39 is 17.9 Å². The van der Waals surface area contributed by atoms with Crippen LogP contribution in [0, 0.1) is 12.7 Å². The second-order valence-electron chi connectivity index (χ2n) is 4.81. The molecule has 1 unspecified atom stereocenters. The average molecular weight is 300 g/mol. The number of rotatable bonds is 3. The van der Waals surface area contributed by atoms with E-state index in [4.69, 9.17) is 4.74 Å². The highest BCUT2D eigenvalue weighted by atomic mass is 19.1. The van der Waals surface area contributed by atoms with Gasteiger partial charge in [0.25, 0.3) is 0 Å². The van der Waals surface area contributed by atoms with Crippen molar-refractivity contribution in [2.24, 2.45) is 0 Å². The average Bonchev–Trinajstić information content (AvgIpc) is 2.97. The molecule has 3 rings (SSSR count). The summed E-state index contributed by atoms with van der Waals surface area (Å²) >= 11 is 0. The van der Waals surface area contributed by atoms with Crippen molar-refractivity contribution in [2.75, 3.05) is 0 Å². The fraction of sp³-hybridized carbons (Fsp3) is 0.200. The van der Waals surface area contributed by atoms with Crippen molar-refractivity contribution in [1.29, 1.82) is 0 Å². The van der Waals surface area contributed by atoms with Crippen LogP contribution in [-0.2, 0) is 4.74 Å². The largest absolute Gasteiger partial charge is 0.452 e. The number of halogens is 1. The van der Waals surface area contributed by atoms with Gasteiger partial charge >= 0.3 is 5.97 Å². The molecule has 0 aromatic carbocycles. The Morgan fingerprint density at radius 1 is 1.27 bits per heavy atom. The summed E-state index contributed by atoms with van der Waals surface area (Å²) in [5.41, 5.74) is 2.09. The van der Waals surface area contributed by atoms with Gasteiger partial charge in [-0.15, -0.1) is 0 Å². The first-order chi connectivity index (χ1) is 10.6. The zero-order chi connectivity index (χ0) is 15.7. The van der Waals surface area contributed by atoms with E-state index in [1.54, 1.807) is 30.6 Å². The molecule has 0 aliphatic carbocycles. The van der Waals surface area contributed by atoms with Gasteiger partial charge in [-0.05, 0) is 26.0 Å². The van der Waals surface area contributed by atoms with Gasteiger partial charge in [0.15, 0.2) is 5.65 Å². The second kappa shape index (κ2) is 5.51. The molecule has 0 spiro atoms. The van der Waals surface area contributed by atoms with E-state index in [0.29, 0.717) is 22.6 Å². The number of carbonyl (C=O) groups excluding carboxylic acids is 1. The topological polar surface area (TPSA) is 69.4 Å². The van der Waals surface area contributed by atoms with E-state index in [1.165, 1.54) is 18.3 Å². The number of hydrogen-bond acceptors (Lipinski definition) is 5. The number of hydrogen-bond donors (Lipinski definition) is 0. The van der Waals surface area contributed by atoms with Crippen LogP contribution in [-0.4, -0.2) is 25.6 Å². The third kappa shape index (κ3) is 2.52. The monoisotopic (exact) mass is 300 g/mol. The zero-order valence-corrected chi connectivity index (χ0v) is 12.0. The van der Waals surface area contributed by atoms with Crippen LogP contribution in [0.15, 0.2) is 36.8 Å². The Labute approximate surface area is 125 Å². The van der Waals surface area contributed by atoms with Crippen LogP contribution in [0.3, 0.4) is 0 Å². The van der Waals surface area contributed by atoms with Crippen LogP contribution in [0.1, 0.15) is 34.8 Å². The van der Waals surface area contributed by atoms with Gasteiger partial charge in [-0.25, -0.2) is 18.7 Å². The molecule has 0 saturated carbocycles. The Morgan fingerprint density at radius 2 is 2.09 bits per heavy atom. The minimum atomic E-state index is -0.596. The van der Waals surface area contributed by atoms with Gasteiger partial charge < -0.3 is 4.74 Å². The first kappa shape index (κ1) is 14.1. The summed E-state index contributed by atoms with van der Waals surface area (Å²) in [4.78, 5) is 20.3. The highest BCUT2D eigenvalue weighted by molar-refractivity contribution is 5.90. The van der Waals surface area contributed by atoms with E-state index in [1.807, 2.05) is 0 Å². The molecule has 6 nitrogen and oxygen atoms in total. The van der Waals surface area contributed by atoms with Crippen LogP contribution in [0.2, 0.25) is 0 Å². The summed E-state index contributed by atoms with van der Waals surface area (Å²) in [6, 6.07) is 4.50. The van der Waals surface area contributed by atoms with E-state index in [9.17, 15) is 9.18 Å². The summed E-state index contributed by atoms with van der Waals surface area (Å²) in [6.07, 6.45) is 3.55. The summed E-state index contributed by atoms with van der Waals surface area (Å²) in [5, 5.41) is 4.10. The predicted molar refractivity (Wildman–Crippen MR) is 75.7 cm³/mol. The Hall–Kier alpha value is -2.83. The van der Waals surface area contributed by atoms with Crippen LogP contribution in [0.4, 0.5) is 4.39 Å². The molecule has 7 heteroatoms. The van der Waals surface area contributed by atoms with Crippen LogP contribution < -0.4 is 0 Å². The van der Waals surface area contributed by atoms with Crippen molar-refractivity contribution in [3.63, 3.8) is 0 Å². The van der Waals surface area contributed by atoms with Crippen molar-refractivity contribution >= 4 is 11.6 Å². The number of aromatic nitrogens is 4. The van der Waals surface area contributed by atoms with Gasteiger partial charge in [-0.1, -0.05) is 0 Å². The van der Waals surface area contributed by atoms with Gasteiger partial charge in [0, 0.05) is 12.3 Å². The molecule has 0 aliphatic rings. The Bertz CT molecular complexity index is 829. The molecule has 0 bridgehead atoms. The number of ether oxygens (including phenoxy) is 1. The van der Waals surface area contributed by atoms with Crippen molar-refractivity contribution in [3.05, 3.63) is 59.6 Å². The van der Waals surface area contributed by atoms with Crippen molar-refractivity contribution in [2.45, 2.75) is 20.0 Å². The van der Waals surface area contributed by atoms with Gasteiger partial charge in [0.2, 0.25) is 0 Å². The molecular weight excluding hydrogens is 287 g/mol. The van der Waals surface area contributed by atoms with E-state index >= 15 is 0 Å². The van der Waals surface area contributed by atoms with Crippen molar-refractivity contribution in [1.82, 2.24) is 19.6 Å². The Morgan fingerprint density at radius 3 is 2.82 bits per heavy atom. The molecule has 0 amide bonds. The normalized spacial score (nSPS) is 12.3. The lowest BCUT2D eigenvalue weighted by Gasteiger charge is -2.13. The van der Waals surface area contributed by atoms with Crippen LogP contribution >= 0.6 is 0 Å². The van der Waals surface area contributed by atoms with Gasteiger partial charge in [0.05, 0.1) is 29.3 Å². The molecule has 0 aliphatic heterocycles. The van der Waals surface area contributed by atoms with Gasteiger partial charge in [-0.3, -0.25) is 4.98 Å². The summed E-state index contributed by atoms with van der Waals surface area (Å²) in [6.45, 7) is 3.44. The number of carbonyl (C=O) groups is 1. The van der Waals surface area contributed by atoms with Crippen LogP contribution in [0.5, 0.6) is 0 Å². The standard InChI is InChI=1S/C15H13FN4O2/c1-9-12(8-18-14-5-6-19-20(9)14)15(21)22-10(2)13-4-3-11(16)7-17-13/h3-8,10H,1-2H3. The highest BCUT2D eigenvalue weighted by Gasteiger charge is 2.18. The Kier molecular flexibility index (Phi) is 3.54. The third-order valence-corrected chi connectivity index (χ3v) is 3.33. The van der Waals surface area contributed by atoms with Gasteiger partial charge in [-0.2, -0.15) is 5.10 Å². The van der Waals surface area contributed by atoms with E-state index in [2.05, 4.69) is 15.1 Å². The number of pyridine rings is 1. The molecular formula is C15H13FN4O2. The molecule has 3 aromatic heterocycles. The van der Waals surface area contributed by atoms with Crippen LogP contribution in [0.25, 0.3) is 5.65 Å². The molecule has 0 N–H and O–H groups in total. The second-order valence-corrected chi connectivity index (χ2v) is 4.81. The summed E-state index contributed by atoms with van der Waals surface area (Å²) in [7, 11) is 0. The maximum absolute atomic E-state index is 12.9. The van der Waals surface area contributed by atoms with Crippen molar-refractivity contribution in [3.8, 4) is 0 Å². The lowest BCUT2D eigenvalue weighted by Crippen LogP contribution is -2.14. The minimum absolute atomic E-state index is 0.324. The number of nitrogens with zero attached hydrogens (tertiary/aromatic N) is 4. The first-order valence-corrected chi connectivity index (χ1v) is 6.68. The first-order valence-electron chi connectivity index (χ1n) is 6.68. The highest BCUT2D eigenvalue weighted by Crippen LogP contribution is 2.18. The van der Waals surface area contributed by atoms with E-state index in [0.717, 1.165) is 6.20 Å². The van der Waals surface area contributed by atoms with E-state index in [-0.39, 0.29) is 0 Å². The molecule has 0 fully saturated rings. The molecule has 0 saturated heterocycles. The quantitative estimate of drug-likeness (QED) is 0.695. The fourth-order valence-electron chi connectivity index (χ4n) is 2.10. The molecule has 1 atom stereocenters. The molecule has 112 valence electrons. The maximum atomic E-state index is 12.9. The summed E-state index contributed by atoms with van der Waals surface area (Å²) < 4.78 is 19.8. The maximum Gasteiger partial charge on any atom is 0.342 e. The minimum Gasteiger partial charge on any atom is -0.452 e. The molecule has 0 radical (unpaired) electrons. The van der Waals surface area contributed by atoms with Gasteiger partial charge in [0.1, 0.15) is 11.9 Å². The molecule has 3 heterocycles.